The molecule has 2 rings (SSSR count). The number of hydrogen-bond donors (Lipinski definition) is 2. The second-order valence-corrected chi connectivity index (χ2v) is 9.33. The second kappa shape index (κ2) is 9.35. The van der Waals surface area contributed by atoms with Crippen LogP contribution in [-0.2, 0) is 27.7 Å². The van der Waals surface area contributed by atoms with Crippen LogP contribution in [0.5, 0.6) is 0 Å². The zero-order chi connectivity index (χ0) is 20.0. The Balaban J connectivity index is 2.03. The summed E-state index contributed by atoms with van der Waals surface area (Å²) in [6.07, 6.45) is 1.65. The molecule has 2 aromatic rings. The minimum Gasteiger partial charge on any atom is -0.326 e. The third-order valence-corrected chi connectivity index (χ3v) is 5.45. The van der Waals surface area contributed by atoms with E-state index in [2.05, 4.69) is 10.6 Å². The number of carbonyl (C=O) groups is 1. The van der Waals surface area contributed by atoms with Crippen molar-refractivity contribution in [2.75, 3.05) is 11.6 Å². The highest BCUT2D eigenvalue weighted by Crippen LogP contribution is 2.24. The second-order valence-electron chi connectivity index (χ2n) is 6.94. The fourth-order valence-electron chi connectivity index (χ4n) is 2.73. The number of rotatable bonds is 8. The standard InChI is InChI=1S/C20H25ClN2O3S/c1-14(2)10-20(24)23-16-7-4-6-15(11-16)12-22-13-17-18(21)8-5-9-19(17)27(3,25)26/h4-9,11,14,22H,10,12-13H2,1-3H3,(H,23,24). The van der Waals surface area contributed by atoms with Crippen LogP contribution in [0.2, 0.25) is 5.02 Å². The average molecular weight is 409 g/mol. The molecule has 2 aromatic carbocycles. The lowest BCUT2D eigenvalue weighted by atomic mass is 10.1. The molecule has 0 saturated heterocycles. The number of benzene rings is 2. The number of hydrogen-bond acceptors (Lipinski definition) is 4. The lowest BCUT2D eigenvalue weighted by molar-refractivity contribution is -0.116. The Morgan fingerprint density at radius 3 is 2.48 bits per heavy atom. The van der Waals surface area contributed by atoms with Crippen LogP contribution in [0.4, 0.5) is 5.69 Å². The topological polar surface area (TPSA) is 75.3 Å². The van der Waals surface area contributed by atoms with Crippen LogP contribution in [0.3, 0.4) is 0 Å². The molecule has 0 unspecified atom stereocenters. The van der Waals surface area contributed by atoms with E-state index in [9.17, 15) is 13.2 Å². The van der Waals surface area contributed by atoms with E-state index in [-0.39, 0.29) is 10.8 Å². The summed E-state index contributed by atoms with van der Waals surface area (Å²) < 4.78 is 23.9. The van der Waals surface area contributed by atoms with Gasteiger partial charge in [-0.15, -0.1) is 0 Å². The van der Waals surface area contributed by atoms with Gasteiger partial charge < -0.3 is 10.6 Å². The maximum Gasteiger partial charge on any atom is 0.224 e. The number of carbonyl (C=O) groups excluding carboxylic acids is 1. The van der Waals surface area contributed by atoms with Crippen molar-refractivity contribution in [3.05, 3.63) is 58.6 Å². The van der Waals surface area contributed by atoms with Crippen LogP contribution in [0, 0.1) is 5.92 Å². The van der Waals surface area contributed by atoms with Gasteiger partial charge in [-0.05, 0) is 35.7 Å². The molecule has 0 atom stereocenters. The van der Waals surface area contributed by atoms with Crippen molar-refractivity contribution in [1.29, 1.82) is 0 Å². The normalized spacial score (nSPS) is 11.6. The third kappa shape index (κ3) is 6.65. The Kier molecular flexibility index (Phi) is 7.41. The molecule has 7 heteroatoms. The highest BCUT2D eigenvalue weighted by atomic mass is 35.5. The van der Waals surface area contributed by atoms with E-state index < -0.39 is 9.84 Å². The third-order valence-electron chi connectivity index (χ3n) is 3.91. The van der Waals surface area contributed by atoms with Crippen LogP contribution in [-0.4, -0.2) is 20.6 Å². The zero-order valence-corrected chi connectivity index (χ0v) is 17.3. The molecule has 2 N–H and O–H groups in total. The summed E-state index contributed by atoms with van der Waals surface area (Å²) in [6.45, 7) is 4.84. The van der Waals surface area contributed by atoms with Gasteiger partial charge in [0, 0.05) is 42.0 Å². The van der Waals surface area contributed by atoms with Gasteiger partial charge in [-0.1, -0.05) is 43.6 Å². The van der Waals surface area contributed by atoms with E-state index in [0.717, 1.165) is 11.3 Å². The number of nitrogens with one attached hydrogen (secondary N) is 2. The van der Waals surface area contributed by atoms with E-state index >= 15 is 0 Å². The summed E-state index contributed by atoms with van der Waals surface area (Å²) in [5, 5.41) is 6.53. The molecule has 146 valence electrons. The maximum atomic E-state index is 11.9. The summed E-state index contributed by atoms with van der Waals surface area (Å²) in [5.74, 6) is 0.290. The first-order valence-electron chi connectivity index (χ1n) is 8.73. The lowest BCUT2D eigenvalue weighted by Gasteiger charge is -2.12. The molecule has 0 aliphatic heterocycles. The van der Waals surface area contributed by atoms with Crippen molar-refractivity contribution in [1.82, 2.24) is 5.32 Å². The molecule has 0 radical (unpaired) electrons. The molecule has 0 aliphatic carbocycles. The lowest BCUT2D eigenvalue weighted by Crippen LogP contribution is -2.16. The molecule has 0 aromatic heterocycles. The molecule has 0 fully saturated rings. The zero-order valence-electron chi connectivity index (χ0n) is 15.8. The van der Waals surface area contributed by atoms with Crippen molar-refractivity contribution in [2.24, 2.45) is 5.92 Å². The molecule has 0 heterocycles. The van der Waals surface area contributed by atoms with Crippen molar-refractivity contribution in [3.8, 4) is 0 Å². The van der Waals surface area contributed by atoms with Gasteiger partial charge >= 0.3 is 0 Å². The van der Waals surface area contributed by atoms with Gasteiger partial charge in [0.05, 0.1) is 4.90 Å². The monoisotopic (exact) mass is 408 g/mol. The number of amides is 1. The molecule has 0 saturated carbocycles. The first-order valence-corrected chi connectivity index (χ1v) is 11.0. The Morgan fingerprint density at radius 1 is 1.11 bits per heavy atom. The van der Waals surface area contributed by atoms with E-state index in [1.165, 1.54) is 6.26 Å². The highest BCUT2D eigenvalue weighted by molar-refractivity contribution is 7.90. The van der Waals surface area contributed by atoms with Crippen molar-refractivity contribution >= 4 is 33.0 Å². The predicted molar refractivity (Wildman–Crippen MR) is 110 cm³/mol. The summed E-state index contributed by atoms with van der Waals surface area (Å²) >= 11 is 6.19. The molecule has 27 heavy (non-hydrogen) atoms. The largest absolute Gasteiger partial charge is 0.326 e. The smallest absolute Gasteiger partial charge is 0.224 e. The van der Waals surface area contributed by atoms with Gasteiger partial charge in [-0.3, -0.25) is 4.79 Å². The summed E-state index contributed by atoms with van der Waals surface area (Å²) in [6, 6.07) is 12.4. The maximum absolute atomic E-state index is 11.9. The molecule has 1 amide bonds. The van der Waals surface area contributed by atoms with Gasteiger partial charge in [0.1, 0.15) is 0 Å². The van der Waals surface area contributed by atoms with Gasteiger partial charge in [0.15, 0.2) is 9.84 Å². The van der Waals surface area contributed by atoms with Crippen molar-refractivity contribution in [3.63, 3.8) is 0 Å². The first kappa shape index (κ1) is 21.4. The molecule has 5 nitrogen and oxygen atoms in total. The fourth-order valence-corrected chi connectivity index (χ4v) is 3.98. The van der Waals surface area contributed by atoms with E-state index in [1.807, 2.05) is 38.1 Å². The SMILES string of the molecule is CC(C)CC(=O)Nc1cccc(CNCc2c(Cl)cccc2S(C)(=O)=O)c1. The van der Waals surface area contributed by atoms with Gasteiger partial charge in [0.25, 0.3) is 0 Å². The van der Waals surface area contributed by atoms with E-state index in [0.29, 0.717) is 36.0 Å². The molecular weight excluding hydrogens is 384 g/mol. The van der Waals surface area contributed by atoms with Crippen molar-refractivity contribution in [2.45, 2.75) is 38.3 Å². The molecule has 0 aliphatic rings. The van der Waals surface area contributed by atoms with E-state index in [4.69, 9.17) is 11.6 Å². The molecular formula is C20H25ClN2O3S. The minimum absolute atomic E-state index is 0.0102. The van der Waals surface area contributed by atoms with Crippen LogP contribution >= 0.6 is 11.6 Å². The average Bonchev–Trinajstić information content (AvgIpc) is 2.54. The van der Waals surface area contributed by atoms with Gasteiger partial charge in [0.2, 0.25) is 5.91 Å². The fraction of sp³-hybridized carbons (Fsp3) is 0.350. The highest BCUT2D eigenvalue weighted by Gasteiger charge is 2.15. The Morgan fingerprint density at radius 2 is 1.81 bits per heavy atom. The summed E-state index contributed by atoms with van der Waals surface area (Å²) in [4.78, 5) is 12.1. The minimum atomic E-state index is -3.35. The number of anilines is 1. The quantitative estimate of drug-likeness (QED) is 0.691. The summed E-state index contributed by atoms with van der Waals surface area (Å²) in [7, 11) is -3.35. The predicted octanol–water partition coefficient (Wildman–Crippen LogP) is 4.02. The molecule has 0 spiro atoms. The Bertz CT molecular complexity index is 911. The van der Waals surface area contributed by atoms with Crippen LogP contribution < -0.4 is 10.6 Å². The Hall–Kier alpha value is -1.89. The van der Waals surface area contributed by atoms with Crippen LogP contribution in [0.1, 0.15) is 31.4 Å². The van der Waals surface area contributed by atoms with Gasteiger partial charge in [-0.25, -0.2) is 8.42 Å². The van der Waals surface area contributed by atoms with E-state index in [1.54, 1.807) is 18.2 Å². The van der Waals surface area contributed by atoms with Crippen LogP contribution in [0.15, 0.2) is 47.4 Å². The Labute approximate surface area is 166 Å². The van der Waals surface area contributed by atoms with Crippen molar-refractivity contribution < 1.29 is 13.2 Å². The van der Waals surface area contributed by atoms with Gasteiger partial charge in [-0.2, -0.15) is 0 Å². The first-order chi connectivity index (χ1) is 12.7. The number of sulfone groups is 1. The number of halogens is 1. The van der Waals surface area contributed by atoms with Crippen LogP contribution in [0.25, 0.3) is 0 Å². The molecule has 0 bridgehead atoms. The summed E-state index contributed by atoms with van der Waals surface area (Å²) in [5.41, 5.74) is 2.28.